The van der Waals surface area contributed by atoms with Crippen LogP contribution in [0.1, 0.15) is 71.3 Å². The van der Waals surface area contributed by atoms with Crippen molar-refractivity contribution in [2.45, 2.75) is 84.3 Å². The van der Waals surface area contributed by atoms with Crippen molar-refractivity contribution in [1.82, 2.24) is 4.90 Å². The molecule has 2 rings (SSSR count). The van der Waals surface area contributed by atoms with Gasteiger partial charge in [0.15, 0.2) is 0 Å². The number of aliphatic hydroxyl groups is 1. The lowest BCUT2D eigenvalue weighted by molar-refractivity contribution is -0.152. The number of amides is 1. The third kappa shape index (κ3) is 14.0. The third-order valence-corrected chi connectivity index (χ3v) is 7.08. The average molecular weight is 554 g/mol. The summed E-state index contributed by atoms with van der Waals surface area (Å²) in [6.45, 7) is 2.85. The second-order valence-electron chi connectivity index (χ2n) is 9.09. The zero-order valence-corrected chi connectivity index (χ0v) is 22.6. The fraction of sp³-hybridized carbons (Fsp3) is 0.621. The Bertz CT molecular complexity index is 863. The van der Waals surface area contributed by atoms with E-state index >= 15 is 0 Å². The largest absolute Gasteiger partial charge is 0.462 e. The molecule has 1 amide bonds. The van der Waals surface area contributed by atoms with Gasteiger partial charge in [-0.15, -0.1) is 0 Å². The summed E-state index contributed by atoms with van der Waals surface area (Å²) in [7, 11) is 0. The van der Waals surface area contributed by atoms with Crippen LogP contribution in [0.5, 0.6) is 0 Å². The topological polar surface area (TPSA) is 93.1 Å². The second kappa shape index (κ2) is 19.6. The number of nitrogens with zero attached hydrogens (tertiary/aromatic N) is 1. The minimum atomic E-state index is -0.699. The first kappa shape index (κ1) is 33.6. The van der Waals surface area contributed by atoms with Crippen LogP contribution in [0, 0.1) is 5.82 Å². The van der Waals surface area contributed by atoms with Gasteiger partial charge in [0.05, 0.1) is 12.1 Å². The Kier molecular flexibility index (Phi) is 17.4. The molecule has 7 nitrogen and oxygen atoms in total. The number of aliphatic hydroxyl groups excluding tert-OH is 1. The van der Waals surface area contributed by atoms with Crippen LogP contribution in [0.4, 0.5) is 4.39 Å². The van der Waals surface area contributed by atoms with Crippen LogP contribution in [0.2, 0.25) is 0 Å². The van der Waals surface area contributed by atoms with Crippen LogP contribution in [0.25, 0.3) is 0 Å². The molecule has 1 aliphatic rings. The molecule has 1 aromatic rings. The molecule has 0 spiro atoms. The number of hydrogen-bond acceptors (Lipinski definition) is 7. The van der Waals surface area contributed by atoms with Crippen molar-refractivity contribution in [2.75, 3.05) is 31.3 Å². The van der Waals surface area contributed by atoms with Crippen molar-refractivity contribution in [1.29, 1.82) is 0 Å². The van der Waals surface area contributed by atoms with Gasteiger partial charge in [0, 0.05) is 38.0 Å². The van der Waals surface area contributed by atoms with Gasteiger partial charge in [-0.25, -0.2) is 4.39 Å². The predicted molar refractivity (Wildman–Crippen MR) is 149 cm³/mol. The van der Waals surface area contributed by atoms with Gasteiger partial charge in [0.1, 0.15) is 19.0 Å². The van der Waals surface area contributed by atoms with E-state index in [4.69, 9.17) is 9.47 Å². The minimum absolute atomic E-state index is 0. The molecule has 0 saturated carbocycles. The lowest BCUT2D eigenvalue weighted by atomic mass is 10.1. The van der Waals surface area contributed by atoms with Gasteiger partial charge < -0.3 is 19.5 Å². The van der Waals surface area contributed by atoms with E-state index in [0.29, 0.717) is 38.6 Å². The summed E-state index contributed by atoms with van der Waals surface area (Å²) in [4.78, 5) is 37.4. The van der Waals surface area contributed by atoms with E-state index < -0.39 is 6.10 Å². The summed E-state index contributed by atoms with van der Waals surface area (Å²) in [5.74, 6) is 0.785. The van der Waals surface area contributed by atoms with Crippen molar-refractivity contribution in [2.24, 2.45) is 0 Å². The number of thioether (sulfide) groups is 1. The molecule has 1 fully saturated rings. The van der Waals surface area contributed by atoms with Crippen LogP contribution >= 0.6 is 11.8 Å². The molecule has 38 heavy (non-hydrogen) atoms. The van der Waals surface area contributed by atoms with E-state index in [1.165, 1.54) is 12.1 Å². The first-order valence-corrected chi connectivity index (χ1v) is 14.3. The maximum atomic E-state index is 13.0. The van der Waals surface area contributed by atoms with Gasteiger partial charge in [0.25, 0.3) is 0 Å². The van der Waals surface area contributed by atoms with Crippen molar-refractivity contribution < 1.29 is 33.4 Å². The molecular weight excluding hydrogens is 509 g/mol. The van der Waals surface area contributed by atoms with Crippen molar-refractivity contribution in [3.8, 4) is 0 Å². The van der Waals surface area contributed by atoms with Crippen molar-refractivity contribution >= 4 is 29.6 Å². The van der Waals surface area contributed by atoms with Gasteiger partial charge in [-0.3, -0.25) is 14.4 Å². The zero-order valence-electron chi connectivity index (χ0n) is 21.7. The zero-order chi connectivity index (χ0) is 26.9. The number of carbonyl (C=O) groups excluding carboxylic acids is 3. The Hall–Kier alpha value is -2.39. The highest BCUT2D eigenvalue weighted by Gasteiger charge is 2.28. The fourth-order valence-corrected chi connectivity index (χ4v) is 4.87. The van der Waals surface area contributed by atoms with Gasteiger partial charge in [0.2, 0.25) is 5.91 Å². The Balaban J connectivity index is 0.00000722. The maximum Gasteiger partial charge on any atom is 0.305 e. The lowest BCUT2D eigenvalue weighted by Gasteiger charge is -2.22. The lowest BCUT2D eigenvalue weighted by Crippen LogP contribution is -2.34. The molecule has 2 atom stereocenters. The molecule has 1 saturated heterocycles. The van der Waals surface area contributed by atoms with Crippen LogP contribution in [-0.2, 0) is 30.3 Å². The summed E-state index contributed by atoms with van der Waals surface area (Å²) < 4.78 is 23.2. The molecule has 0 bridgehead atoms. The molecule has 0 aromatic heterocycles. The van der Waals surface area contributed by atoms with E-state index in [0.717, 1.165) is 42.8 Å². The average Bonchev–Trinajstić information content (AvgIpc) is 3.23. The van der Waals surface area contributed by atoms with E-state index in [-0.39, 0.29) is 50.3 Å². The predicted octanol–water partition coefficient (Wildman–Crippen LogP) is 5.09. The highest BCUT2D eigenvalue weighted by atomic mass is 32.2. The van der Waals surface area contributed by atoms with Gasteiger partial charge in [-0.05, 0) is 42.7 Å². The number of carbonyl (C=O) groups is 3. The summed E-state index contributed by atoms with van der Waals surface area (Å²) in [5, 5.41) is 10.3. The first-order valence-electron chi connectivity index (χ1n) is 13.2. The van der Waals surface area contributed by atoms with Gasteiger partial charge in [-0.2, -0.15) is 11.8 Å². The van der Waals surface area contributed by atoms with Crippen LogP contribution in [0.15, 0.2) is 36.4 Å². The van der Waals surface area contributed by atoms with E-state index in [2.05, 4.69) is 6.92 Å². The Morgan fingerprint density at radius 2 is 1.76 bits per heavy atom. The number of benzene rings is 1. The van der Waals surface area contributed by atoms with E-state index in [1.54, 1.807) is 30.0 Å². The number of halogens is 1. The third-order valence-electron chi connectivity index (χ3n) is 6.03. The number of ether oxygens (including phenoxy) is 2. The normalized spacial score (nSPS) is 15.9. The van der Waals surface area contributed by atoms with E-state index in [9.17, 15) is 23.9 Å². The number of unbranched alkanes of at least 4 members (excludes halogenated alkanes) is 2. The van der Waals surface area contributed by atoms with Crippen LogP contribution < -0.4 is 0 Å². The standard InChI is InChI=1S/C28H40FNO6S.CH4/c1-2-3-4-6-27(33)35-17-18-36-28(34)7-5-19-37-20-16-30-24(13-15-26(30)32)12-14-25(31)21-22-8-10-23(29)11-9-22;/h8-12,14,24-25,31H,2-7,13,15-21H2,1H3;1H4/b14-12+;/t24-,25+;/m0./s1. The Morgan fingerprint density at radius 3 is 2.42 bits per heavy atom. The van der Waals surface area contributed by atoms with Crippen LogP contribution in [0.3, 0.4) is 0 Å². The summed E-state index contributed by atoms with van der Waals surface area (Å²) in [6.07, 6.45) is 8.75. The highest BCUT2D eigenvalue weighted by molar-refractivity contribution is 7.99. The molecule has 0 unspecified atom stereocenters. The number of hydrogen-bond donors (Lipinski definition) is 1. The molecule has 1 N–H and O–H groups in total. The SMILES string of the molecule is C.CCCCCC(=O)OCCOC(=O)CCCSCCN1C(=O)CC[C@@H]1/C=C/[C@@H](O)Cc1ccc(F)cc1. The monoisotopic (exact) mass is 553 g/mol. The summed E-state index contributed by atoms with van der Waals surface area (Å²) in [5.41, 5.74) is 0.847. The number of likely N-dealkylation sites (tertiary alicyclic amines) is 1. The maximum absolute atomic E-state index is 13.0. The smallest absolute Gasteiger partial charge is 0.305 e. The molecule has 1 aromatic carbocycles. The van der Waals surface area contributed by atoms with Crippen molar-refractivity contribution in [3.05, 3.63) is 47.8 Å². The highest BCUT2D eigenvalue weighted by Crippen LogP contribution is 2.21. The van der Waals surface area contributed by atoms with Gasteiger partial charge >= 0.3 is 11.9 Å². The number of esters is 2. The van der Waals surface area contributed by atoms with Crippen LogP contribution in [-0.4, -0.2) is 71.3 Å². The molecule has 0 aliphatic carbocycles. The Morgan fingerprint density at radius 1 is 1.11 bits per heavy atom. The Labute approximate surface area is 231 Å². The second-order valence-corrected chi connectivity index (χ2v) is 10.3. The molecule has 214 valence electrons. The molecule has 1 aliphatic heterocycles. The van der Waals surface area contributed by atoms with Crippen molar-refractivity contribution in [3.63, 3.8) is 0 Å². The van der Waals surface area contributed by atoms with E-state index in [1.807, 2.05) is 11.0 Å². The first-order chi connectivity index (χ1) is 17.9. The number of rotatable bonds is 18. The summed E-state index contributed by atoms with van der Waals surface area (Å²) in [6, 6.07) is 6.02. The fourth-order valence-electron chi connectivity index (χ4n) is 3.99. The van der Waals surface area contributed by atoms with Gasteiger partial charge in [-0.1, -0.05) is 51.5 Å². The molecule has 0 radical (unpaired) electrons. The quantitative estimate of drug-likeness (QED) is 0.154. The summed E-state index contributed by atoms with van der Waals surface area (Å²) >= 11 is 1.68. The molecular formula is C29H44FNO6S. The minimum Gasteiger partial charge on any atom is -0.462 e. The molecule has 1 heterocycles. The molecule has 9 heteroatoms.